The van der Waals surface area contributed by atoms with Gasteiger partial charge >= 0.3 is 6.03 Å². The van der Waals surface area contributed by atoms with E-state index in [0.29, 0.717) is 18.7 Å². The Morgan fingerprint density at radius 1 is 1.18 bits per heavy atom. The quantitative estimate of drug-likeness (QED) is 0.598. The van der Waals surface area contributed by atoms with E-state index in [-0.39, 0.29) is 18.4 Å². The molecule has 2 aliphatic rings. The molecule has 0 spiro atoms. The number of benzene rings is 2. The summed E-state index contributed by atoms with van der Waals surface area (Å²) in [5.41, 5.74) is 1.58. The fraction of sp³-hybridized carbons (Fsp3) is 0.360. The van der Waals surface area contributed by atoms with Crippen molar-refractivity contribution in [2.24, 2.45) is 0 Å². The minimum Gasteiger partial charge on any atom is -0.340 e. The van der Waals surface area contributed by atoms with Crippen molar-refractivity contribution in [1.82, 2.24) is 20.1 Å². The standard InChI is InChI=1S/C25H26N4O3S/c1-16-9-11-18(12-10-16)25(2)23(31)29(24(32)27-25)15-21(30)28-13-5-6-17(14-28)22-26-19-7-3-4-8-20(19)33-22/h3-4,7-12,17H,5-6,13-15H2,1-2H3,(H,27,32). The molecule has 0 bridgehead atoms. The van der Waals surface area contributed by atoms with Crippen LogP contribution in [0.4, 0.5) is 4.79 Å². The molecule has 2 unspecified atom stereocenters. The molecule has 2 aromatic carbocycles. The normalized spacial score (nSPS) is 23.3. The van der Waals surface area contributed by atoms with E-state index < -0.39 is 17.5 Å². The molecule has 1 N–H and O–H groups in total. The number of amides is 4. The molecule has 3 aromatic rings. The van der Waals surface area contributed by atoms with Gasteiger partial charge in [-0.05, 0) is 44.4 Å². The third-order valence-corrected chi connectivity index (χ3v) is 7.83. The van der Waals surface area contributed by atoms with Crippen molar-refractivity contribution in [2.45, 2.75) is 38.1 Å². The lowest BCUT2D eigenvalue weighted by atomic mass is 9.91. The van der Waals surface area contributed by atoms with Crippen LogP contribution in [0.25, 0.3) is 10.2 Å². The summed E-state index contributed by atoms with van der Waals surface area (Å²) in [6.45, 7) is 4.58. The van der Waals surface area contributed by atoms with Crippen LogP contribution in [0, 0.1) is 6.92 Å². The molecule has 170 valence electrons. The number of hydrogen-bond acceptors (Lipinski definition) is 5. The van der Waals surface area contributed by atoms with E-state index in [2.05, 4.69) is 11.4 Å². The van der Waals surface area contributed by atoms with Crippen molar-refractivity contribution in [3.63, 3.8) is 0 Å². The van der Waals surface area contributed by atoms with E-state index in [9.17, 15) is 14.4 Å². The minimum absolute atomic E-state index is 0.168. The summed E-state index contributed by atoms with van der Waals surface area (Å²) < 4.78 is 1.14. The molecule has 2 fully saturated rings. The number of likely N-dealkylation sites (tertiary alicyclic amines) is 1. The smallest absolute Gasteiger partial charge is 0.325 e. The number of nitrogens with zero attached hydrogens (tertiary/aromatic N) is 3. The van der Waals surface area contributed by atoms with E-state index in [1.165, 1.54) is 0 Å². The lowest BCUT2D eigenvalue weighted by Crippen LogP contribution is -2.47. The number of rotatable bonds is 4. The number of aryl methyl sites for hydroxylation is 1. The predicted molar refractivity (Wildman–Crippen MR) is 127 cm³/mol. The molecule has 2 aliphatic heterocycles. The first-order valence-corrected chi connectivity index (χ1v) is 12.0. The average molecular weight is 463 g/mol. The molecule has 2 saturated heterocycles. The number of fused-ring (bicyclic) bond motifs is 1. The summed E-state index contributed by atoms with van der Waals surface area (Å²) in [6, 6.07) is 15.0. The second kappa shape index (κ2) is 8.26. The Kier molecular flexibility index (Phi) is 5.40. The lowest BCUT2D eigenvalue weighted by Gasteiger charge is -2.32. The zero-order valence-corrected chi connectivity index (χ0v) is 19.5. The highest BCUT2D eigenvalue weighted by molar-refractivity contribution is 7.18. The van der Waals surface area contributed by atoms with Gasteiger partial charge in [0.1, 0.15) is 12.1 Å². The number of imide groups is 1. The van der Waals surface area contributed by atoms with Crippen LogP contribution in [-0.4, -0.2) is 52.3 Å². The van der Waals surface area contributed by atoms with Crippen LogP contribution < -0.4 is 5.32 Å². The summed E-state index contributed by atoms with van der Waals surface area (Å²) in [5.74, 6) is -0.442. The monoisotopic (exact) mass is 462 g/mol. The predicted octanol–water partition coefficient (Wildman–Crippen LogP) is 3.78. The molecule has 2 atom stereocenters. The van der Waals surface area contributed by atoms with Crippen molar-refractivity contribution in [3.05, 3.63) is 64.7 Å². The fourth-order valence-corrected chi connectivity index (χ4v) is 5.72. The summed E-state index contributed by atoms with van der Waals surface area (Å²) in [7, 11) is 0. The minimum atomic E-state index is -1.17. The van der Waals surface area contributed by atoms with Gasteiger partial charge in [-0.15, -0.1) is 11.3 Å². The fourth-order valence-electron chi connectivity index (χ4n) is 4.63. The highest BCUT2D eigenvalue weighted by Gasteiger charge is 2.49. The number of para-hydroxylation sites is 1. The first-order valence-electron chi connectivity index (χ1n) is 11.2. The maximum atomic E-state index is 13.2. The van der Waals surface area contributed by atoms with E-state index in [0.717, 1.165) is 38.5 Å². The Hall–Kier alpha value is -3.26. The van der Waals surface area contributed by atoms with Gasteiger partial charge in [0.2, 0.25) is 5.91 Å². The number of aromatic nitrogens is 1. The molecular weight excluding hydrogens is 436 g/mol. The first-order chi connectivity index (χ1) is 15.8. The zero-order chi connectivity index (χ0) is 23.2. The highest BCUT2D eigenvalue weighted by Crippen LogP contribution is 2.33. The van der Waals surface area contributed by atoms with Crippen LogP contribution in [-0.2, 0) is 15.1 Å². The Balaban J connectivity index is 1.29. The maximum absolute atomic E-state index is 13.2. The zero-order valence-electron chi connectivity index (χ0n) is 18.7. The van der Waals surface area contributed by atoms with Crippen LogP contribution >= 0.6 is 11.3 Å². The summed E-state index contributed by atoms with van der Waals surface area (Å²) in [6.07, 6.45) is 1.84. The number of carbonyl (C=O) groups excluding carboxylic acids is 3. The van der Waals surface area contributed by atoms with E-state index in [1.807, 2.05) is 49.4 Å². The Morgan fingerprint density at radius 2 is 1.94 bits per heavy atom. The molecule has 7 nitrogen and oxygen atoms in total. The maximum Gasteiger partial charge on any atom is 0.325 e. The molecule has 33 heavy (non-hydrogen) atoms. The number of piperidine rings is 1. The van der Waals surface area contributed by atoms with E-state index >= 15 is 0 Å². The van der Waals surface area contributed by atoms with Gasteiger partial charge in [-0.25, -0.2) is 9.78 Å². The third kappa shape index (κ3) is 3.88. The van der Waals surface area contributed by atoms with Crippen LogP contribution in [0.3, 0.4) is 0 Å². The molecule has 0 saturated carbocycles. The van der Waals surface area contributed by atoms with Crippen LogP contribution in [0.1, 0.15) is 41.8 Å². The molecule has 0 aliphatic carbocycles. The molecule has 3 heterocycles. The number of urea groups is 1. The number of nitrogens with one attached hydrogen (secondary N) is 1. The lowest BCUT2D eigenvalue weighted by molar-refractivity contribution is -0.139. The van der Waals surface area contributed by atoms with Gasteiger partial charge in [-0.2, -0.15) is 0 Å². The van der Waals surface area contributed by atoms with Gasteiger partial charge in [0.25, 0.3) is 5.91 Å². The second-order valence-corrected chi connectivity index (χ2v) is 10.1. The van der Waals surface area contributed by atoms with Crippen LogP contribution in [0.2, 0.25) is 0 Å². The molecule has 0 radical (unpaired) electrons. The SMILES string of the molecule is Cc1ccc(C2(C)NC(=O)N(CC(=O)N3CCCC(c4nc5ccccc5s4)C3)C2=O)cc1. The summed E-state index contributed by atoms with van der Waals surface area (Å²) in [4.78, 5) is 46.6. The van der Waals surface area contributed by atoms with Crippen LogP contribution in [0.15, 0.2) is 48.5 Å². The Bertz CT molecular complexity index is 1200. The molecular formula is C25H26N4O3S. The van der Waals surface area contributed by atoms with Crippen molar-refractivity contribution in [1.29, 1.82) is 0 Å². The topological polar surface area (TPSA) is 82.6 Å². The molecule has 8 heteroatoms. The number of carbonyl (C=O) groups is 3. The number of hydrogen-bond donors (Lipinski definition) is 1. The molecule has 5 rings (SSSR count). The first kappa shape index (κ1) is 21.6. The van der Waals surface area contributed by atoms with Gasteiger partial charge in [-0.1, -0.05) is 42.0 Å². The molecule has 4 amide bonds. The van der Waals surface area contributed by atoms with Crippen LogP contribution in [0.5, 0.6) is 0 Å². The number of thiazole rings is 1. The largest absolute Gasteiger partial charge is 0.340 e. The van der Waals surface area contributed by atoms with Gasteiger partial charge in [0, 0.05) is 19.0 Å². The average Bonchev–Trinajstić information content (AvgIpc) is 3.35. The second-order valence-electron chi connectivity index (χ2n) is 9.01. The summed E-state index contributed by atoms with van der Waals surface area (Å²) >= 11 is 1.67. The van der Waals surface area contributed by atoms with Gasteiger partial charge in [0.05, 0.1) is 15.2 Å². The van der Waals surface area contributed by atoms with Gasteiger partial charge in [0.15, 0.2) is 0 Å². The van der Waals surface area contributed by atoms with Crippen molar-refractivity contribution < 1.29 is 14.4 Å². The van der Waals surface area contributed by atoms with E-state index in [1.54, 1.807) is 23.2 Å². The van der Waals surface area contributed by atoms with E-state index in [4.69, 9.17) is 4.98 Å². The van der Waals surface area contributed by atoms with Gasteiger partial charge < -0.3 is 10.2 Å². The van der Waals surface area contributed by atoms with Crippen molar-refractivity contribution in [3.8, 4) is 0 Å². The third-order valence-electron chi connectivity index (χ3n) is 6.63. The van der Waals surface area contributed by atoms with Crippen molar-refractivity contribution >= 4 is 39.4 Å². The highest BCUT2D eigenvalue weighted by atomic mass is 32.1. The Morgan fingerprint density at radius 3 is 2.70 bits per heavy atom. The van der Waals surface area contributed by atoms with Gasteiger partial charge in [-0.3, -0.25) is 14.5 Å². The Labute approximate surface area is 196 Å². The molecule has 1 aromatic heterocycles. The summed E-state index contributed by atoms with van der Waals surface area (Å²) in [5, 5.41) is 3.82. The van der Waals surface area contributed by atoms with Crippen molar-refractivity contribution in [2.75, 3.05) is 19.6 Å².